The number of carboxylic acid groups (broad SMARTS) is 1. The molecule has 2 aromatic rings. The lowest BCUT2D eigenvalue weighted by molar-refractivity contribution is -0.146. The van der Waals surface area contributed by atoms with Gasteiger partial charge in [-0.05, 0) is 19.1 Å². The molecule has 0 radical (unpaired) electrons. The molecule has 0 saturated heterocycles. The van der Waals surface area contributed by atoms with Crippen molar-refractivity contribution >= 4 is 17.0 Å². The molecule has 0 aliphatic heterocycles. The first-order chi connectivity index (χ1) is 8.36. The number of hydrogen-bond donors (Lipinski definition) is 1. The van der Waals surface area contributed by atoms with E-state index in [1.807, 2.05) is 0 Å². The van der Waals surface area contributed by atoms with Gasteiger partial charge in [-0.2, -0.15) is 13.2 Å². The molecule has 1 aromatic heterocycles. The van der Waals surface area contributed by atoms with Crippen molar-refractivity contribution in [1.82, 2.24) is 9.55 Å². The fraction of sp³-hybridized carbons (Fsp3) is 0.273. The van der Waals surface area contributed by atoms with Gasteiger partial charge in [0.2, 0.25) is 5.82 Å². The Bertz CT molecular complexity index is 617. The number of alkyl halides is 3. The van der Waals surface area contributed by atoms with E-state index < -0.39 is 18.0 Å². The van der Waals surface area contributed by atoms with Crippen LogP contribution in [0.1, 0.15) is 23.1 Å². The van der Waals surface area contributed by atoms with E-state index in [0.717, 1.165) is 4.57 Å². The summed E-state index contributed by atoms with van der Waals surface area (Å²) in [4.78, 5) is 14.4. The van der Waals surface area contributed by atoms with Gasteiger partial charge in [-0.1, -0.05) is 6.07 Å². The average molecular weight is 258 g/mol. The molecule has 0 bridgehead atoms. The van der Waals surface area contributed by atoms with Crippen LogP contribution in [-0.2, 0) is 12.7 Å². The van der Waals surface area contributed by atoms with Gasteiger partial charge in [-0.3, -0.25) is 0 Å². The van der Waals surface area contributed by atoms with Crippen molar-refractivity contribution in [2.75, 3.05) is 0 Å². The second-order valence-electron chi connectivity index (χ2n) is 3.66. The van der Waals surface area contributed by atoms with Gasteiger partial charge in [-0.25, -0.2) is 9.78 Å². The predicted molar refractivity (Wildman–Crippen MR) is 57.4 cm³/mol. The van der Waals surface area contributed by atoms with Crippen molar-refractivity contribution < 1.29 is 23.1 Å². The molecule has 0 atom stereocenters. The maximum absolute atomic E-state index is 12.8. The number of benzene rings is 1. The van der Waals surface area contributed by atoms with Gasteiger partial charge in [0.05, 0.1) is 11.1 Å². The first-order valence-electron chi connectivity index (χ1n) is 5.16. The SMILES string of the molecule is CCn1c(C(F)(F)F)nc2c(C(=O)O)cccc21. The number of aryl methyl sites for hydroxylation is 1. The van der Waals surface area contributed by atoms with Gasteiger partial charge >= 0.3 is 12.1 Å². The summed E-state index contributed by atoms with van der Waals surface area (Å²) in [6, 6.07) is 4.06. The Labute approximate surface area is 99.7 Å². The number of aromatic nitrogens is 2. The van der Waals surface area contributed by atoms with Crippen molar-refractivity contribution in [2.45, 2.75) is 19.6 Å². The average Bonchev–Trinajstić information content (AvgIpc) is 2.66. The molecular formula is C11H9F3N2O2. The van der Waals surface area contributed by atoms with E-state index in [1.165, 1.54) is 18.2 Å². The van der Waals surface area contributed by atoms with Crippen LogP contribution in [0, 0.1) is 0 Å². The van der Waals surface area contributed by atoms with Crippen LogP contribution >= 0.6 is 0 Å². The molecule has 4 nitrogen and oxygen atoms in total. The molecule has 1 N–H and O–H groups in total. The quantitative estimate of drug-likeness (QED) is 0.901. The lowest BCUT2D eigenvalue weighted by Crippen LogP contribution is -2.14. The van der Waals surface area contributed by atoms with Gasteiger partial charge in [-0.15, -0.1) is 0 Å². The number of carboxylic acids is 1. The van der Waals surface area contributed by atoms with E-state index in [0.29, 0.717) is 0 Å². The van der Waals surface area contributed by atoms with E-state index in [9.17, 15) is 18.0 Å². The second-order valence-corrected chi connectivity index (χ2v) is 3.66. The number of imidazole rings is 1. The van der Waals surface area contributed by atoms with Crippen LogP contribution in [0.5, 0.6) is 0 Å². The molecule has 0 fully saturated rings. The largest absolute Gasteiger partial charge is 0.478 e. The van der Waals surface area contributed by atoms with E-state index in [4.69, 9.17) is 5.11 Å². The van der Waals surface area contributed by atoms with Crippen LogP contribution < -0.4 is 0 Å². The number of nitrogens with zero attached hydrogens (tertiary/aromatic N) is 2. The highest BCUT2D eigenvalue weighted by atomic mass is 19.4. The van der Waals surface area contributed by atoms with Crippen LogP contribution in [0.25, 0.3) is 11.0 Å². The topological polar surface area (TPSA) is 55.1 Å². The molecule has 0 amide bonds. The lowest BCUT2D eigenvalue weighted by atomic mass is 10.2. The molecule has 96 valence electrons. The van der Waals surface area contributed by atoms with Gasteiger partial charge in [0.25, 0.3) is 0 Å². The molecule has 0 aliphatic carbocycles. The Kier molecular flexibility index (Phi) is 2.76. The van der Waals surface area contributed by atoms with Crippen molar-refractivity contribution in [2.24, 2.45) is 0 Å². The van der Waals surface area contributed by atoms with Crippen LogP contribution in [0.4, 0.5) is 13.2 Å². The molecule has 1 heterocycles. The van der Waals surface area contributed by atoms with Crippen LogP contribution in [0.15, 0.2) is 18.2 Å². The van der Waals surface area contributed by atoms with E-state index in [2.05, 4.69) is 4.98 Å². The number of rotatable bonds is 2. The Morgan fingerprint density at radius 1 is 1.44 bits per heavy atom. The summed E-state index contributed by atoms with van der Waals surface area (Å²) in [5.41, 5.74) is -0.200. The highest BCUT2D eigenvalue weighted by molar-refractivity contribution is 6.01. The summed E-state index contributed by atoms with van der Waals surface area (Å²) in [5.74, 6) is -2.37. The number of para-hydroxylation sites is 1. The molecule has 1 aromatic carbocycles. The predicted octanol–water partition coefficient (Wildman–Crippen LogP) is 2.77. The smallest absolute Gasteiger partial charge is 0.449 e. The summed E-state index contributed by atoms with van der Waals surface area (Å²) in [6.45, 7) is 1.61. The summed E-state index contributed by atoms with van der Waals surface area (Å²) >= 11 is 0. The monoisotopic (exact) mass is 258 g/mol. The maximum Gasteiger partial charge on any atom is 0.449 e. The zero-order chi connectivity index (χ0) is 13.5. The van der Waals surface area contributed by atoms with Crippen LogP contribution in [-0.4, -0.2) is 20.6 Å². The summed E-state index contributed by atoms with van der Waals surface area (Å²) in [5, 5.41) is 8.93. The number of halogens is 3. The normalized spacial score (nSPS) is 12.0. The van der Waals surface area contributed by atoms with Gasteiger partial charge in [0.15, 0.2) is 0 Å². The Morgan fingerprint density at radius 2 is 2.11 bits per heavy atom. The van der Waals surface area contributed by atoms with Crippen LogP contribution in [0.2, 0.25) is 0 Å². The van der Waals surface area contributed by atoms with E-state index >= 15 is 0 Å². The fourth-order valence-corrected chi connectivity index (χ4v) is 1.86. The zero-order valence-electron chi connectivity index (χ0n) is 9.32. The van der Waals surface area contributed by atoms with Crippen LogP contribution in [0.3, 0.4) is 0 Å². The number of fused-ring (bicyclic) bond motifs is 1. The minimum absolute atomic E-state index is 0.0639. The van der Waals surface area contributed by atoms with E-state index in [-0.39, 0.29) is 23.1 Å². The molecule has 0 aliphatic rings. The number of hydrogen-bond acceptors (Lipinski definition) is 2. The van der Waals surface area contributed by atoms with Gasteiger partial charge < -0.3 is 9.67 Å². The highest BCUT2D eigenvalue weighted by Gasteiger charge is 2.37. The van der Waals surface area contributed by atoms with Gasteiger partial charge in [0, 0.05) is 6.54 Å². The first kappa shape index (κ1) is 12.4. The molecule has 7 heteroatoms. The summed E-state index contributed by atoms with van der Waals surface area (Å²) in [7, 11) is 0. The molecule has 0 spiro atoms. The fourth-order valence-electron chi connectivity index (χ4n) is 1.86. The lowest BCUT2D eigenvalue weighted by Gasteiger charge is -2.08. The highest BCUT2D eigenvalue weighted by Crippen LogP contribution is 2.32. The summed E-state index contributed by atoms with van der Waals surface area (Å²) < 4.78 is 39.3. The third-order valence-corrected chi connectivity index (χ3v) is 2.58. The van der Waals surface area contributed by atoms with E-state index in [1.54, 1.807) is 6.92 Å². The maximum atomic E-state index is 12.8. The second kappa shape index (κ2) is 4.01. The molecule has 0 saturated carbocycles. The van der Waals surface area contributed by atoms with Crippen molar-refractivity contribution in [3.8, 4) is 0 Å². The standard InChI is InChI=1S/C11H9F3N2O2/c1-2-16-7-5-3-4-6(9(17)18)8(7)15-10(16)11(12,13)14/h3-5H,2H2,1H3,(H,17,18). The zero-order valence-corrected chi connectivity index (χ0v) is 9.32. The Hall–Kier alpha value is -2.05. The van der Waals surface area contributed by atoms with Gasteiger partial charge in [0.1, 0.15) is 5.52 Å². The Morgan fingerprint density at radius 3 is 2.61 bits per heavy atom. The first-order valence-corrected chi connectivity index (χ1v) is 5.16. The molecular weight excluding hydrogens is 249 g/mol. The van der Waals surface area contributed by atoms with Crippen molar-refractivity contribution in [1.29, 1.82) is 0 Å². The Balaban J connectivity index is 2.84. The number of aromatic carboxylic acids is 1. The molecule has 18 heavy (non-hydrogen) atoms. The molecule has 0 unspecified atom stereocenters. The van der Waals surface area contributed by atoms with Crippen molar-refractivity contribution in [3.05, 3.63) is 29.6 Å². The third kappa shape index (κ3) is 1.81. The van der Waals surface area contributed by atoms with Crippen molar-refractivity contribution in [3.63, 3.8) is 0 Å². The summed E-state index contributed by atoms with van der Waals surface area (Å²) in [6.07, 6.45) is -4.61. The minimum Gasteiger partial charge on any atom is -0.478 e. The third-order valence-electron chi connectivity index (χ3n) is 2.58. The molecule has 2 rings (SSSR count). The number of carbonyl (C=O) groups is 1. The minimum atomic E-state index is -4.61.